The molecule has 1 aromatic carbocycles. The van der Waals surface area contributed by atoms with Gasteiger partial charge in [-0.1, -0.05) is 24.3 Å². The van der Waals surface area contributed by atoms with Crippen molar-refractivity contribution in [2.45, 2.75) is 6.42 Å². The topological polar surface area (TPSA) is 51.2 Å². The highest BCUT2D eigenvalue weighted by molar-refractivity contribution is 8.13. The quantitative estimate of drug-likeness (QED) is 0.626. The van der Waals surface area contributed by atoms with Crippen molar-refractivity contribution in [1.82, 2.24) is 0 Å². The number of halogens is 1. The first-order valence-electron chi connectivity index (χ1n) is 4.75. The average Bonchev–Trinajstić information content (AvgIpc) is 2.13. The molecule has 0 fully saturated rings. The Bertz CT molecular complexity index is 501. The Morgan fingerprint density at radius 3 is 2.06 bits per heavy atom. The number of hydrogen-bond acceptors (Lipinski definition) is 3. The third kappa shape index (κ3) is 4.69. The van der Waals surface area contributed by atoms with Crippen LogP contribution in [0.25, 0.3) is 0 Å². The van der Waals surface area contributed by atoms with Gasteiger partial charge in [-0.15, -0.1) is 0 Å². The van der Waals surface area contributed by atoms with Gasteiger partial charge < -0.3 is 4.57 Å². The molecule has 3 nitrogen and oxygen atoms in total. The summed E-state index contributed by atoms with van der Waals surface area (Å²) in [5.74, 6) is -0.0796. The molecule has 0 N–H and O–H groups in total. The highest BCUT2D eigenvalue weighted by atomic mass is 35.7. The van der Waals surface area contributed by atoms with E-state index in [-0.39, 0.29) is 5.75 Å². The van der Waals surface area contributed by atoms with Crippen molar-refractivity contribution in [2.24, 2.45) is 0 Å². The van der Waals surface area contributed by atoms with Crippen LogP contribution in [0, 0.1) is 0 Å². The van der Waals surface area contributed by atoms with Crippen LogP contribution in [0.5, 0.6) is 0 Å². The second-order valence-corrected chi connectivity index (χ2v) is 10.1. The second kappa shape index (κ2) is 4.91. The predicted molar refractivity (Wildman–Crippen MR) is 68.9 cm³/mol. The minimum atomic E-state index is -3.44. The maximum atomic E-state index is 11.7. The van der Waals surface area contributed by atoms with E-state index in [4.69, 9.17) is 10.7 Å². The lowest BCUT2D eigenvalue weighted by atomic mass is 10.2. The molecular weight excluding hydrogens is 267 g/mol. The van der Waals surface area contributed by atoms with Crippen LogP contribution in [-0.2, 0) is 20.0 Å². The molecule has 1 aromatic rings. The molecule has 6 heteroatoms. The van der Waals surface area contributed by atoms with Crippen molar-refractivity contribution < 1.29 is 13.0 Å². The standard InChI is InChI=1S/C10H14ClO3PS/c1-15(2,12)10-5-3-9(4-6-10)7-8-16(11,13)14/h3-6H,7-8H2,1-2H3. The van der Waals surface area contributed by atoms with Gasteiger partial charge in [0.1, 0.15) is 7.14 Å². The fraction of sp³-hybridized carbons (Fsp3) is 0.400. The summed E-state index contributed by atoms with van der Waals surface area (Å²) in [6.45, 7) is 3.40. The zero-order chi connectivity index (χ0) is 12.4. The smallest absolute Gasteiger partial charge is 0.232 e. The second-order valence-electron chi connectivity index (χ2n) is 4.01. The van der Waals surface area contributed by atoms with E-state index < -0.39 is 16.2 Å². The van der Waals surface area contributed by atoms with Crippen LogP contribution in [0.2, 0.25) is 0 Å². The van der Waals surface area contributed by atoms with Gasteiger partial charge in [-0.05, 0) is 25.3 Å². The molecule has 0 aromatic heterocycles. The van der Waals surface area contributed by atoms with Gasteiger partial charge in [0.05, 0.1) is 5.75 Å². The van der Waals surface area contributed by atoms with Gasteiger partial charge >= 0.3 is 0 Å². The molecule has 0 unspecified atom stereocenters. The number of aryl methyl sites for hydroxylation is 1. The largest absolute Gasteiger partial charge is 0.319 e. The highest BCUT2D eigenvalue weighted by Gasteiger charge is 2.11. The third-order valence-electron chi connectivity index (χ3n) is 2.19. The molecule has 16 heavy (non-hydrogen) atoms. The summed E-state index contributed by atoms with van der Waals surface area (Å²) in [6.07, 6.45) is 0.379. The van der Waals surface area contributed by atoms with E-state index in [1.54, 1.807) is 37.6 Å². The Labute approximate surface area is 101 Å². The SMILES string of the molecule is CP(C)(=O)c1ccc(CCS(=O)(=O)Cl)cc1. The minimum absolute atomic E-state index is 0.0796. The van der Waals surface area contributed by atoms with E-state index >= 15 is 0 Å². The van der Waals surface area contributed by atoms with Crippen LogP contribution >= 0.6 is 17.8 Å². The maximum Gasteiger partial charge on any atom is 0.232 e. The third-order valence-corrected chi connectivity index (χ3v) is 4.89. The summed E-state index contributed by atoms with van der Waals surface area (Å²) < 4.78 is 33.2. The molecule has 1 rings (SSSR count). The van der Waals surface area contributed by atoms with Crippen LogP contribution in [-0.4, -0.2) is 27.5 Å². The monoisotopic (exact) mass is 280 g/mol. The molecule has 0 aliphatic carbocycles. The Morgan fingerprint density at radius 2 is 1.69 bits per heavy atom. The molecule has 0 spiro atoms. The van der Waals surface area contributed by atoms with Crippen LogP contribution in [0.4, 0.5) is 0 Å². The van der Waals surface area contributed by atoms with Crippen molar-refractivity contribution in [3.8, 4) is 0 Å². The first-order valence-corrected chi connectivity index (χ1v) is 9.83. The Balaban J connectivity index is 2.77. The Morgan fingerprint density at radius 1 is 1.19 bits per heavy atom. The molecular formula is C10H14ClO3PS. The summed E-state index contributed by atoms with van der Waals surface area (Å²) in [6, 6.07) is 7.13. The first-order chi connectivity index (χ1) is 7.18. The first kappa shape index (κ1) is 13.8. The Kier molecular flexibility index (Phi) is 4.22. The summed E-state index contributed by atoms with van der Waals surface area (Å²) >= 11 is 0. The fourth-order valence-electron chi connectivity index (χ4n) is 1.26. The lowest BCUT2D eigenvalue weighted by molar-refractivity contribution is 0.588. The van der Waals surface area contributed by atoms with Crippen molar-refractivity contribution in [3.05, 3.63) is 29.8 Å². The predicted octanol–water partition coefficient (Wildman–Crippen LogP) is 2.05. The fourth-order valence-corrected chi connectivity index (χ4v) is 2.84. The van der Waals surface area contributed by atoms with Gasteiger partial charge in [-0.3, -0.25) is 0 Å². The molecule has 0 amide bonds. The molecule has 0 saturated heterocycles. The summed E-state index contributed by atoms with van der Waals surface area (Å²) in [5, 5.41) is 0.796. The van der Waals surface area contributed by atoms with Crippen molar-refractivity contribution in [3.63, 3.8) is 0 Å². The lowest BCUT2D eigenvalue weighted by Gasteiger charge is -2.07. The molecule has 0 bridgehead atoms. The van der Waals surface area contributed by atoms with E-state index in [2.05, 4.69) is 0 Å². The van der Waals surface area contributed by atoms with Crippen molar-refractivity contribution in [1.29, 1.82) is 0 Å². The zero-order valence-electron chi connectivity index (χ0n) is 9.18. The van der Waals surface area contributed by atoms with E-state index in [1.165, 1.54) is 0 Å². The van der Waals surface area contributed by atoms with Crippen LogP contribution < -0.4 is 5.30 Å². The van der Waals surface area contributed by atoms with E-state index in [0.717, 1.165) is 10.9 Å². The van der Waals surface area contributed by atoms with Gasteiger partial charge in [0.2, 0.25) is 9.05 Å². The van der Waals surface area contributed by atoms with Crippen LogP contribution in [0.1, 0.15) is 5.56 Å². The van der Waals surface area contributed by atoms with Gasteiger partial charge in [-0.2, -0.15) is 0 Å². The molecule has 0 heterocycles. The molecule has 0 atom stereocenters. The number of rotatable bonds is 4. The molecule has 0 aliphatic rings. The van der Waals surface area contributed by atoms with Crippen molar-refractivity contribution in [2.75, 3.05) is 19.1 Å². The summed E-state index contributed by atoms with van der Waals surface area (Å²) in [7, 11) is -0.562. The molecule has 0 saturated carbocycles. The lowest BCUT2D eigenvalue weighted by Crippen LogP contribution is -2.05. The van der Waals surface area contributed by atoms with Gasteiger partial charge in [0.15, 0.2) is 0 Å². The average molecular weight is 281 g/mol. The molecule has 90 valence electrons. The highest BCUT2D eigenvalue weighted by Crippen LogP contribution is 2.34. The normalized spacial score (nSPS) is 12.7. The summed E-state index contributed by atoms with van der Waals surface area (Å²) in [4.78, 5) is 0. The van der Waals surface area contributed by atoms with Crippen molar-refractivity contribution >= 4 is 32.2 Å². The van der Waals surface area contributed by atoms with Crippen LogP contribution in [0.15, 0.2) is 24.3 Å². The van der Waals surface area contributed by atoms with E-state index in [0.29, 0.717) is 6.42 Å². The van der Waals surface area contributed by atoms with Crippen LogP contribution in [0.3, 0.4) is 0 Å². The van der Waals surface area contributed by atoms with E-state index in [9.17, 15) is 13.0 Å². The molecule has 0 aliphatic heterocycles. The maximum absolute atomic E-state index is 11.7. The van der Waals surface area contributed by atoms with E-state index in [1.807, 2.05) is 0 Å². The van der Waals surface area contributed by atoms with Gasteiger partial charge in [0, 0.05) is 16.0 Å². The number of hydrogen-bond donors (Lipinski definition) is 0. The Hall–Kier alpha value is -0.310. The van der Waals surface area contributed by atoms with Gasteiger partial charge in [-0.25, -0.2) is 8.42 Å². The molecule has 0 radical (unpaired) electrons. The summed E-state index contributed by atoms with van der Waals surface area (Å²) in [5.41, 5.74) is 0.876. The minimum Gasteiger partial charge on any atom is -0.319 e. The van der Waals surface area contributed by atoms with Gasteiger partial charge in [0.25, 0.3) is 0 Å². The zero-order valence-corrected chi connectivity index (χ0v) is 11.6. The number of benzene rings is 1.